The van der Waals surface area contributed by atoms with Gasteiger partial charge in [0.1, 0.15) is 19.8 Å². The Labute approximate surface area is 265 Å². The molecule has 8 heteroatoms. The number of aromatic nitrogens is 1. The Bertz CT molecular complexity index is 746. The molecule has 1 rings (SSSR count). The van der Waals surface area contributed by atoms with E-state index in [9.17, 15) is 9.59 Å². The first-order chi connectivity index (χ1) is 19.6. The molecule has 0 aliphatic carbocycles. The topological polar surface area (TPSA) is 68.5 Å². The van der Waals surface area contributed by atoms with E-state index in [0.717, 1.165) is 45.1 Å². The van der Waals surface area contributed by atoms with Gasteiger partial charge in [0.15, 0.2) is 6.20 Å². The molecule has 41 heavy (non-hydrogen) atoms. The average molecular weight is 660 g/mol. The van der Waals surface area contributed by atoms with E-state index in [1.807, 2.05) is 0 Å². The molecule has 1 aromatic heterocycles. The average Bonchev–Trinajstić information content (AvgIpc) is 3.48. The van der Waals surface area contributed by atoms with Gasteiger partial charge in [-0.1, -0.05) is 128 Å². The first kappa shape index (κ1) is 39.6. The number of aryl methyl sites for hydroxylation is 1. The lowest BCUT2D eigenvalue weighted by Gasteiger charge is -2.10. The number of esters is 1. The summed E-state index contributed by atoms with van der Waals surface area (Å²) in [4.78, 5) is 23.8. The van der Waals surface area contributed by atoms with Crippen molar-refractivity contribution in [2.24, 2.45) is 0 Å². The minimum absolute atomic E-state index is 0. The van der Waals surface area contributed by atoms with Crippen molar-refractivity contribution in [1.29, 1.82) is 0 Å². The monoisotopic (exact) mass is 658 g/mol. The number of ether oxygens (including phenoxy) is 2. The van der Waals surface area contributed by atoms with E-state index >= 15 is 0 Å². The first-order valence-electron chi connectivity index (χ1n) is 16.3. The molecule has 1 heterocycles. The summed E-state index contributed by atoms with van der Waals surface area (Å²) in [5.74, 6) is -0.221. The van der Waals surface area contributed by atoms with E-state index < -0.39 is 6.09 Å². The van der Waals surface area contributed by atoms with Crippen LogP contribution in [0.4, 0.5) is 4.79 Å². The standard InChI is InChI=1S/C33H58N2O4S.BrH/c1-3-4-5-6-7-8-9-10-11-12-13-14-15-16-18-21-24-34-33(37)39-29-31(2)28-38-32(36)23-20-17-19-22-25-35-26-27-40-30-35;/h26-27,30H,2-25,28-29H2,1H3;1H. The van der Waals surface area contributed by atoms with E-state index in [1.165, 1.54) is 89.9 Å². The van der Waals surface area contributed by atoms with Gasteiger partial charge in [-0.05, 0) is 24.8 Å². The van der Waals surface area contributed by atoms with E-state index in [1.54, 1.807) is 11.3 Å². The normalized spacial score (nSPS) is 10.7. The number of thiazole rings is 1. The number of rotatable bonds is 28. The number of carbonyl (C=O) groups excluding carboxylic acids is 2. The Morgan fingerprint density at radius 1 is 0.732 bits per heavy atom. The second-order valence-corrected chi connectivity index (χ2v) is 11.9. The second-order valence-electron chi connectivity index (χ2n) is 11.1. The molecule has 0 bridgehead atoms. The van der Waals surface area contributed by atoms with E-state index in [-0.39, 0.29) is 36.2 Å². The molecular weight excluding hydrogens is 600 g/mol. The molecule has 1 N–H and O–H groups in total. The number of alkyl carbamates (subject to hydrolysis) is 1. The summed E-state index contributed by atoms with van der Waals surface area (Å²) >= 11 is 1.70. The quantitative estimate of drug-likeness (QED) is 0.0513. The second kappa shape index (κ2) is 30.1. The van der Waals surface area contributed by atoms with Gasteiger partial charge in [0.2, 0.25) is 5.51 Å². The number of hydrogen-bond acceptors (Lipinski definition) is 5. The van der Waals surface area contributed by atoms with Gasteiger partial charge in [-0.3, -0.25) is 4.79 Å². The van der Waals surface area contributed by atoms with E-state index in [2.05, 4.69) is 40.5 Å². The maximum Gasteiger partial charge on any atom is 0.407 e. The molecule has 0 atom stereocenters. The minimum atomic E-state index is -0.436. The van der Waals surface area contributed by atoms with Crippen LogP contribution in [-0.2, 0) is 20.8 Å². The fourth-order valence-electron chi connectivity index (χ4n) is 4.68. The van der Waals surface area contributed by atoms with Crippen molar-refractivity contribution in [1.82, 2.24) is 5.32 Å². The van der Waals surface area contributed by atoms with Gasteiger partial charge in [-0.2, -0.15) is 4.57 Å². The highest BCUT2D eigenvalue weighted by Crippen LogP contribution is 2.13. The number of nitrogens with one attached hydrogen (secondary N) is 1. The molecule has 0 radical (unpaired) electrons. The Kier molecular flexibility index (Phi) is 29.0. The number of unbranched alkanes of at least 4 members (excludes halogenated alkanes) is 18. The molecule has 0 aromatic carbocycles. The summed E-state index contributed by atoms with van der Waals surface area (Å²) < 4.78 is 12.6. The molecule has 0 aliphatic rings. The van der Waals surface area contributed by atoms with Crippen LogP contribution in [0.5, 0.6) is 0 Å². The SMILES string of the molecule is C=C(COC(=O)CCCCCC[n+]1ccsc1)COC(=O)NCCCCCCCCCCCCCCCCCC.[Br-]. The summed E-state index contributed by atoms with van der Waals surface area (Å²) in [5.41, 5.74) is 2.69. The van der Waals surface area contributed by atoms with Crippen LogP contribution >= 0.6 is 11.3 Å². The van der Waals surface area contributed by atoms with Gasteiger partial charge < -0.3 is 31.8 Å². The fraction of sp³-hybridized carbons (Fsp3) is 0.788. The summed E-state index contributed by atoms with van der Waals surface area (Å²) in [5, 5.41) is 4.87. The number of halogens is 1. The van der Waals surface area contributed by atoms with Gasteiger partial charge >= 0.3 is 12.1 Å². The smallest absolute Gasteiger partial charge is 0.407 e. The van der Waals surface area contributed by atoms with E-state index in [4.69, 9.17) is 9.47 Å². The molecular formula is C33H59BrN2O4S. The van der Waals surface area contributed by atoms with Gasteiger partial charge in [0, 0.05) is 19.4 Å². The van der Waals surface area contributed by atoms with Crippen LogP contribution in [0, 0.1) is 0 Å². The lowest BCUT2D eigenvalue weighted by molar-refractivity contribution is -0.692. The molecule has 6 nitrogen and oxygen atoms in total. The third-order valence-electron chi connectivity index (χ3n) is 7.22. The first-order valence-corrected chi connectivity index (χ1v) is 17.2. The van der Waals surface area contributed by atoms with Gasteiger partial charge in [-0.25, -0.2) is 4.79 Å². The lowest BCUT2D eigenvalue weighted by Crippen LogP contribution is -3.00. The molecule has 0 aliphatic heterocycles. The van der Waals surface area contributed by atoms with Crippen molar-refractivity contribution in [3.8, 4) is 0 Å². The highest BCUT2D eigenvalue weighted by Gasteiger charge is 2.07. The molecule has 0 saturated carbocycles. The Morgan fingerprint density at radius 2 is 1.24 bits per heavy atom. The zero-order valence-corrected chi connectivity index (χ0v) is 28.4. The lowest BCUT2D eigenvalue weighted by atomic mass is 10.0. The van der Waals surface area contributed by atoms with Crippen molar-refractivity contribution in [2.45, 2.75) is 148 Å². The van der Waals surface area contributed by atoms with Crippen LogP contribution in [0.25, 0.3) is 0 Å². The Morgan fingerprint density at radius 3 is 1.80 bits per heavy atom. The predicted octanol–water partition coefficient (Wildman–Crippen LogP) is 6.08. The van der Waals surface area contributed by atoms with Crippen LogP contribution in [0.1, 0.15) is 142 Å². The number of hydrogen-bond donors (Lipinski definition) is 1. The highest BCUT2D eigenvalue weighted by molar-refractivity contribution is 7.07. The highest BCUT2D eigenvalue weighted by atomic mass is 79.9. The van der Waals surface area contributed by atoms with Crippen molar-refractivity contribution >= 4 is 23.4 Å². The summed E-state index contributed by atoms with van der Waals surface area (Å²) in [6.45, 7) is 7.94. The van der Waals surface area contributed by atoms with Crippen molar-refractivity contribution in [3.63, 3.8) is 0 Å². The maximum absolute atomic E-state index is 11.9. The zero-order chi connectivity index (χ0) is 28.9. The van der Waals surface area contributed by atoms with Crippen LogP contribution in [0.2, 0.25) is 0 Å². The molecule has 0 saturated heterocycles. The summed E-state index contributed by atoms with van der Waals surface area (Å²) in [6, 6.07) is 0. The van der Waals surface area contributed by atoms with Crippen molar-refractivity contribution in [2.75, 3.05) is 19.8 Å². The maximum atomic E-state index is 11.9. The van der Waals surface area contributed by atoms with Crippen molar-refractivity contribution in [3.05, 3.63) is 29.2 Å². The molecule has 0 unspecified atom stereocenters. The minimum Gasteiger partial charge on any atom is -1.00 e. The third kappa shape index (κ3) is 27.2. The molecule has 238 valence electrons. The Hall–Kier alpha value is -1.41. The fourth-order valence-corrected chi connectivity index (χ4v) is 5.31. The molecule has 0 fully saturated rings. The van der Waals surface area contributed by atoms with Crippen molar-refractivity contribution < 1.29 is 40.6 Å². The number of nitrogens with zero attached hydrogens (tertiary/aromatic N) is 1. The zero-order valence-electron chi connectivity index (χ0n) is 26.0. The number of carbonyl (C=O) groups is 2. The van der Waals surface area contributed by atoms with Gasteiger partial charge in [0.25, 0.3) is 0 Å². The predicted molar refractivity (Wildman–Crippen MR) is 167 cm³/mol. The largest absolute Gasteiger partial charge is 1.00 e. The van der Waals surface area contributed by atoms with E-state index in [0.29, 0.717) is 18.5 Å². The molecule has 0 spiro atoms. The third-order valence-corrected chi connectivity index (χ3v) is 7.89. The van der Waals surface area contributed by atoms with Gasteiger partial charge in [0.05, 0.1) is 5.38 Å². The van der Waals surface area contributed by atoms with Crippen LogP contribution in [0.3, 0.4) is 0 Å². The Balaban J connectivity index is 0.0000160. The van der Waals surface area contributed by atoms with Crippen LogP contribution in [-0.4, -0.2) is 31.8 Å². The summed E-state index contributed by atoms with van der Waals surface area (Å²) in [7, 11) is 0. The van der Waals surface area contributed by atoms with Crippen LogP contribution < -0.4 is 26.9 Å². The number of amides is 1. The van der Waals surface area contributed by atoms with Gasteiger partial charge in [-0.15, -0.1) is 0 Å². The van der Waals surface area contributed by atoms with Crippen LogP contribution in [0.15, 0.2) is 29.2 Å². The molecule has 1 aromatic rings. The molecule has 1 amide bonds. The summed E-state index contributed by atoms with van der Waals surface area (Å²) in [6.07, 6.45) is 27.5.